The van der Waals surface area contributed by atoms with E-state index in [0.29, 0.717) is 10.9 Å². The zero-order valence-electron chi connectivity index (χ0n) is 12.6. The Morgan fingerprint density at radius 2 is 2.13 bits per heavy atom. The number of carbonyl (C=O) groups is 1. The molecule has 1 atom stereocenters. The summed E-state index contributed by atoms with van der Waals surface area (Å²) in [7, 11) is 1.51. The topological polar surface area (TPSA) is 75.9 Å². The van der Waals surface area contributed by atoms with Crippen LogP contribution in [-0.2, 0) is 0 Å². The maximum Gasteiger partial charge on any atom is 0.221 e. The van der Waals surface area contributed by atoms with Crippen molar-refractivity contribution in [2.45, 2.75) is 12.8 Å². The van der Waals surface area contributed by atoms with Crippen molar-refractivity contribution in [3.63, 3.8) is 0 Å². The molecule has 0 bridgehead atoms. The van der Waals surface area contributed by atoms with Gasteiger partial charge in [-0.05, 0) is 24.4 Å². The molecule has 0 aliphatic heterocycles. The van der Waals surface area contributed by atoms with Crippen LogP contribution < -0.4 is 4.74 Å². The highest BCUT2D eigenvalue weighted by molar-refractivity contribution is 7.10. The molecular formula is C17H13N3O2S. The first kappa shape index (κ1) is 15.1. The number of thiazole rings is 1. The molecule has 3 rings (SSSR count). The number of pyridine rings is 1. The minimum absolute atomic E-state index is 0.208. The van der Waals surface area contributed by atoms with Crippen molar-refractivity contribution in [2.75, 3.05) is 7.11 Å². The molecule has 0 saturated heterocycles. The van der Waals surface area contributed by atoms with Gasteiger partial charge in [0.05, 0.1) is 13.2 Å². The highest BCUT2D eigenvalue weighted by Gasteiger charge is 2.26. The molecule has 0 N–H and O–H groups in total. The highest BCUT2D eigenvalue weighted by Crippen LogP contribution is 2.28. The Balaban J connectivity index is 2.08. The minimum atomic E-state index is -0.952. The fraction of sp³-hybridized carbons (Fsp3) is 0.176. The third kappa shape index (κ3) is 2.79. The summed E-state index contributed by atoms with van der Waals surface area (Å²) in [6.07, 6.45) is 0. The Kier molecular flexibility index (Phi) is 4.04. The van der Waals surface area contributed by atoms with E-state index in [0.717, 1.165) is 16.5 Å². The van der Waals surface area contributed by atoms with Crippen LogP contribution in [-0.4, -0.2) is 22.9 Å². The number of aryl methyl sites for hydroxylation is 1. The number of nitrogens with zero attached hydrogens (tertiary/aromatic N) is 3. The van der Waals surface area contributed by atoms with Crippen LogP contribution in [0.25, 0.3) is 10.8 Å². The largest absolute Gasteiger partial charge is 0.481 e. The smallest absolute Gasteiger partial charge is 0.221 e. The number of aromatic nitrogens is 2. The van der Waals surface area contributed by atoms with E-state index < -0.39 is 5.92 Å². The normalized spacial score (nSPS) is 11.9. The van der Waals surface area contributed by atoms with Crippen molar-refractivity contribution in [1.29, 1.82) is 5.26 Å². The summed E-state index contributed by atoms with van der Waals surface area (Å²) >= 11 is 1.31. The first-order valence-corrected chi connectivity index (χ1v) is 7.81. The van der Waals surface area contributed by atoms with Crippen molar-refractivity contribution in [1.82, 2.24) is 9.97 Å². The number of methoxy groups -OCH3 is 1. The van der Waals surface area contributed by atoms with Gasteiger partial charge in [0.15, 0.2) is 5.92 Å². The zero-order valence-corrected chi connectivity index (χ0v) is 13.4. The number of ether oxygens (including phenoxy) is 1. The SMILES string of the molecule is COc1nc(C(=O)[C@H](C#N)c2nc(C)cs2)cc2ccccc12. The van der Waals surface area contributed by atoms with E-state index in [2.05, 4.69) is 9.97 Å². The highest BCUT2D eigenvalue weighted by atomic mass is 32.1. The average Bonchev–Trinajstić information content (AvgIpc) is 3.00. The predicted octanol–water partition coefficient (Wildman–Crippen LogP) is 3.50. The molecule has 0 fully saturated rings. The van der Waals surface area contributed by atoms with E-state index >= 15 is 0 Å². The Morgan fingerprint density at radius 3 is 2.78 bits per heavy atom. The minimum Gasteiger partial charge on any atom is -0.481 e. The summed E-state index contributed by atoms with van der Waals surface area (Å²) in [5.74, 6) is -0.948. The van der Waals surface area contributed by atoms with Gasteiger partial charge in [-0.25, -0.2) is 9.97 Å². The molecule has 0 aliphatic rings. The standard InChI is InChI=1S/C17H13N3O2S/c1-10-9-23-17(19-10)13(8-18)15(21)14-7-11-5-3-4-6-12(11)16(20-14)22-2/h3-7,9,13H,1-2H3/t13-/m0/s1. The van der Waals surface area contributed by atoms with E-state index in [9.17, 15) is 10.1 Å². The van der Waals surface area contributed by atoms with Gasteiger partial charge in [-0.3, -0.25) is 4.79 Å². The molecule has 0 spiro atoms. The second-order valence-corrected chi connectivity index (χ2v) is 5.88. The first-order chi connectivity index (χ1) is 11.1. The maximum absolute atomic E-state index is 12.7. The van der Waals surface area contributed by atoms with Crippen LogP contribution in [0.4, 0.5) is 0 Å². The van der Waals surface area contributed by atoms with E-state index in [4.69, 9.17) is 4.74 Å². The summed E-state index contributed by atoms with van der Waals surface area (Å²) in [6, 6.07) is 11.2. The van der Waals surface area contributed by atoms with Crippen LogP contribution in [0.1, 0.15) is 27.1 Å². The molecular weight excluding hydrogens is 310 g/mol. The van der Waals surface area contributed by atoms with Crippen LogP contribution in [0.3, 0.4) is 0 Å². The second kappa shape index (κ2) is 6.15. The summed E-state index contributed by atoms with van der Waals surface area (Å²) < 4.78 is 5.28. The molecule has 0 amide bonds. The van der Waals surface area contributed by atoms with E-state index in [1.807, 2.05) is 42.6 Å². The van der Waals surface area contributed by atoms with Crippen molar-refractivity contribution < 1.29 is 9.53 Å². The number of rotatable bonds is 4. The Labute approximate surface area is 137 Å². The summed E-state index contributed by atoms with van der Waals surface area (Å²) in [5.41, 5.74) is 1.00. The Bertz CT molecular complexity index is 927. The van der Waals surface area contributed by atoms with Gasteiger partial charge in [0.25, 0.3) is 0 Å². The maximum atomic E-state index is 12.7. The van der Waals surface area contributed by atoms with Gasteiger partial charge in [-0.15, -0.1) is 11.3 Å². The van der Waals surface area contributed by atoms with Gasteiger partial charge in [-0.1, -0.05) is 18.2 Å². The Morgan fingerprint density at radius 1 is 1.35 bits per heavy atom. The molecule has 23 heavy (non-hydrogen) atoms. The molecule has 1 aromatic carbocycles. The average molecular weight is 323 g/mol. The van der Waals surface area contributed by atoms with E-state index in [-0.39, 0.29) is 11.5 Å². The molecule has 5 nitrogen and oxygen atoms in total. The Hall–Kier alpha value is -2.78. The van der Waals surface area contributed by atoms with Crippen LogP contribution in [0.5, 0.6) is 5.88 Å². The van der Waals surface area contributed by atoms with Crippen LogP contribution >= 0.6 is 11.3 Å². The number of fused-ring (bicyclic) bond motifs is 1. The molecule has 0 aliphatic carbocycles. The third-order valence-electron chi connectivity index (χ3n) is 3.43. The van der Waals surface area contributed by atoms with Crippen LogP contribution in [0.2, 0.25) is 0 Å². The van der Waals surface area contributed by atoms with Gasteiger partial charge in [0.2, 0.25) is 11.7 Å². The van der Waals surface area contributed by atoms with Gasteiger partial charge in [0.1, 0.15) is 10.7 Å². The fourth-order valence-corrected chi connectivity index (χ4v) is 3.16. The number of ketones is 1. The monoisotopic (exact) mass is 323 g/mol. The third-order valence-corrected chi connectivity index (χ3v) is 4.45. The lowest BCUT2D eigenvalue weighted by atomic mass is 10.0. The molecule has 0 unspecified atom stereocenters. The second-order valence-electron chi connectivity index (χ2n) is 4.99. The van der Waals surface area contributed by atoms with Crippen molar-refractivity contribution in [2.24, 2.45) is 0 Å². The molecule has 3 aromatic rings. The van der Waals surface area contributed by atoms with Crippen LogP contribution in [0, 0.1) is 18.3 Å². The first-order valence-electron chi connectivity index (χ1n) is 6.93. The predicted molar refractivity (Wildman–Crippen MR) is 87.8 cm³/mol. The van der Waals surface area contributed by atoms with Gasteiger partial charge in [0, 0.05) is 16.5 Å². The molecule has 6 heteroatoms. The van der Waals surface area contributed by atoms with Gasteiger partial charge in [-0.2, -0.15) is 5.26 Å². The van der Waals surface area contributed by atoms with Crippen LogP contribution in [0.15, 0.2) is 35.7 Å². The number of nitriles is 1. The van der Waals surface area contributed by atoms with E-state index in [1.54, 1.807) is 6.07 Å². The summed E-state index contributed by atoms with van der Waals surface area (Å²) in [5, 5.41) is 13.4. The number of hydrogen-bond acceptors (Lipinski definition) is 6. The molecule has 114 valence electrons. The zero-order chi connectivity index (χ0) is 16.4. The summed E-state index contributed by atoms with van der Waals surface area (Å²) in [6.45, 7) is 1.83. The summed E-state index contributed by atoms with van der Waals surface area (Å²) in [4.78, 5) is 21.2. The number of Topliss-reactive ketones (excluding diaryl/α,β-unsaturated/α-hetero) is 1. The lowest BCUT2D eigenvalue weighted by Crippen LogP contribution is -2.13. The van der Waals surface area contributed by atoms with E-state index in [1.165, 1.54) is 18.4 Å². The van der Waals surface area contributed by atoms with Crippen molar-refractivity contribution in [3.8, 4) is 11.9 Å². The lowest BCUT2D eigenvalue weighted by Gasteiger charge is -2.09. The number of hydrogen-bond donors (Lipinski definition) is 0. The fourth-order valence-electron chi connectivity index (χ4n) is 2.33. The van der Waals surface area contributed by atoms with Crippen molar-refractivity contribution >= 4 is 27.9 Å². The van der Waals surface area contributed by atoms with Gasteiger partial charge >= 0.3 is 0 Å². The van der Waals surface area contributed by atoms with Crippen molar-refractivity contribution in [3.05, 3.63) is 52.1 Å². The molecule has 0 radical (unpaired) electrons. The molecule has 2 aromatic heterocycles. The lowest BCUT2D eigenvalue weighted by molar-refractivity contribution is 0.0973. The molecule has 0 saturated carbocycles. The quantitative estimate of drug-likeness (QED) is 0.687. The molecule has 2 heterocycles. The number of carbonyl (C=O) groups excluding carboxylic acids is 1. The number of benzene rings is 1. The van der Waals surface area contributed by atoms with Gasteiger partial charge < -0.3 is 4.74 Å².